The summed E-state index contributed by atoms with van der Waals surface area (Å²) in [5.74, 6) is 1.10. The number of fused-ring (bicyclic) bond motifs is 1. The van der Waals surface area contributed by atoms with Crippen LogP contribution in [-0.2, 0) is 20.4 Å². The molecule has 1 aromatic rings. The first kappa shape index (κ1) is 19.1. The van der Waals surface area contributed by atoms with Gasteiger partial charge in [0.05, 0.1) is 0 Å². The molecule has 1 N–H and O–H groups in total. The second-order valence-electron chi connectivity index (χ2n) is 10.8. The first-order chi connectivity index (χ1) is 13.8. The Kier molecular flexibility index (Phi) is 4.18. The summed E-state index contributed by atoms with van der Waals surface area (Å²) in [6.07, 6.45) is 7.02. The first-order valence-electron chi connectivity index (χ1n) is 11.5. The number of piperidine rings is 1. The van der Waals surface area contributed by atoms with E-state index in [0.717, 1.165) is 32.4 Å². The molecule has 4 heteroatoms. The van der Waals surface area contributed by atoms with E-state index >= 15 is 0 Å². The largest absolute Gasteiger partial charge is 0.351 e. The van der Waals surface area contributed by atoms with Crippen LogP contribution in [0.5, 0.6) is 0 Å². The lowest BCUT2D eigenvalue weighted by Gasteiger charge is -2.47. The summed E-state index contributed by atoms with van der Waals surface area (Å²) in [7, 11) is 0. The zero-order valence-corrected chi connectivity index (χ0v) is 18.1. The zero-order valence-electron chi connectivity index (χ0n) is 18.1. The van der Waals surface area contributed by atoms with Gasteiger partial charge >= 0.3 is 0 Å². The Bertz CT molecular complexity index is 835. The predicted octanol–water partition coefficient (Wildman–Crippen LogP) is 3.92. The molecule has 4 fully saturated rings. The van der Waals surface area contributed by atoms with E-state index in [1.807, 2.05) is 6.92 Å². The summed E-state index contributed by atoms with van der Waals surface area (Å²) < 4.78 is 0. The van der Waals surface area contributed by atoms with Crippen molar-refractivity contribution in [3.05, 3.63) is 35.4 Å². The van der Waals surface area contributed by atoms with Crippen LogP contribution in [0.4, 0.5) is 0 Å². The van der Waals surface area contributed by atoms with Crippen molar-refractivity contribution >= 4 is 11.8 Å². The van der Waals surface area contributed by atoms with Crippen LogP contribution >= 0.6 is 0 Å². The number of rotatable bonds is 5. The predicted molar refractivity (Wildman–Crippen MR) is 114 cm³/mol. The molecule has 1 heterocycles. The minimum atomic E-state index is -0.188. The highest BCUT2D eigenvalue weighted by Crippen LogP contribution is 2.60. The van der Waals surface area contributed by atoms with Crippen LogP contribution in [0.25, 0.3) is 0 Å². The molecule has 2 unspecified atom stereocenters. The van der Waals surface area contributed by atoms with Crippen LogP contribution in [0.2, 0.25) is 0 Å². The van der Waals surface area contributed by atoms with Crippen molar-refractivity contribution in [1.82, 2.24) is 10.2 Å². The second-order valence-corrected chi connectivity index (χ2v) is 10.8. The van der Waals surface area contributed by atoms with Gasteiger partial charge in [-0.3, -0.25) is 9.59 Å². The van der Waals surface area contributed by atoms with E-state index in [1.54, 1.807) is 0 Å². The van der Waals surface area contributed by atoms with Crippen molar-refractivity contribution < 1.29 is 9.59 Å². The number of benzene rings is 1. The molecule has 5 rings (SSSR count). The van der Waals surface area contributed by atoms with Gasteiger partial charge in [-0.05, 0) is 67.9 Å². The molecule has 0 aromatic heterocycles. The molecule has 0 bridgehead atoms. The number of nitrogens with zero attached hydrogens (tertiary/aromatic N) is 1. The van der Waals surface area contributed by atoms with Gasteiger partial charge in [0.1, 0.15) is 0 Å². The monoisotopic (exact) mass is 394 g/mol. The van der Waals surface area contributed by atoms with E-state index < -0.39 is 0 Å². The number of amides is 2. The molecule has 2 atom stereocenters. The second kappa shape index (κ2) is 6.33. The average Bonchev–Trinajstić information content (AvgIpc) is 3.61. The Balaban J connectivity index is 1.17. The molecule has 1 saturated heterocycles. The summed E-state index contributed by atoms with van der Waals surface area (Å²) in [5, 5.41) is 3.08. The van der Waals surface area contributed by atoms with Gasteiger partial charge in [-0.25, -0.2) is 0 Å². The third-order valence-electron chi connectivity index (χ3n) is 8.47. The van der Waals surface area contributed by atoms with Crippen LogP contribution in [0.3, 0.4) is 0 Å². The third kappa shape index (κ3) is 3.19. The maximum atomic E-state index is 13.0. The van der Waals surface area contributed by atoms with E-state index in [4.69, 9.17) is 0 Å². The third-order valence-corrected chi connectivity index (χ3v) is 8.47. The fourth-order valence-electron chi connectivity index (χ4n) is 5.98. The van der Waals surface area contributed by atoms with Crippen LogP contribution in [0.15, 0.2) is 24.3 Å². The van der Waals surface area contributed by atoms with Crippen molar-refractivity contribution in [2.45, 2.75) is 82.1 Å². The molecule has 29 heavy (non-hydrogen) atoms. The fraction of sp³-hybridized carbons (Fsp3) is 0.680. The smallest absolute Gasteiger partial charge is 0.225 e. The van der Waals surface area contributed by atoms with Gasteiger partial charge < -0.3 is 10.2 Å². The Morgan fingerprint density at radius 2 is 1.69 bits per heavy atom. The van der Waals surface area contributed by atoms with E-state index in [-0.39, 0.29) is 17.4 Å². The van der Waals surface area contributed by atoms with E-state index in [9.17, 15) is 9.59 Å². The molecular weight excluding hydrogens is 360 g/mol. The van der Waals surface area contributed by atoms with E-state index in [2.05, 4.69) is 48.3 Å². The molecule has 0 spiro atoms. The molecule has 1 aliphatic heterocycles. The number of nitrogens with one attached hydrogen (secondary N) is 1. The topological polar surface area (TPSA) is 49.4 Å². The van der Waals surface area contributed by atoms with Crippen molar-refractivity contribution in [2.75, 3.05) is 13.1 Å². The van der Waals surface area contributed by atoms with Crippen molar-refractivity contribution in [3.8, 4) is 0 Å². The van der Waals surface area contributed by atoms with Crippen molar-refractivity contribution in [2.24, 2.45) is 11.8 Å². The SMILES string of the molecule is CCC(=O)NC1(C)CC(C(=O)N2CCC3(c4ccc(C5(C)CC5)cc4)CC3C2)C1. The van der Waals surface area contributed by atoms with Crippen LogP contribution in [0, 0.1) is 11.8 Å². The van der Waals surface area contributed by atoms with E-state index in [1.165, 1.54) is 30.4 Å². The van der Waals surface area contributed by atoms with Crippen LogP contribution in [-0.4, -0.2) is 35.3 Å². The number of likely N-dealkylation sites (tertiary alicyclic amines) is 1. The van der Waals surface area contributed by atoms with Gasteiger partial charge in [0.2, 0.25) is 11.8 Å². The summed E-state index contributed by atoms with van der Waals surface area (Å²) >= 11 is 0. The highest BCUT2D eigenvalue weighted by atomic mass is 16.2. The maximum Gasteiger partial charge on any atom is 0.225 e. The Hall–Kier alpha value is -1.84. The standard InChI is InChI=1S/C25H34N2O2/c1-4-21(28)26-24(3)13-17(14-24)22(29)27-12-11-25(15-20(25)16-27)19-7-5-18(6-8-19)23(2)9-10-23/h5-8,17,20H,4,9-16H2,1-3H3,(H,26,28). The maximum absolute atomic E-state index is 13.0. The molecule has 156 valence electrons. The van der Waals surface area contributed by atoms with Gasteiger partial charge in [-0.2, -0.15) is 0 Å². The zero-order chi connectivity index (χ0) is 20.4. The van der Waals surface area contributed by atoms with Crippen LogP contribution in [0.1, 0.15) is 76.8 Å². The van der Waals surface area contributed by atoms with Gasteiger partial charge in [0.25, 0.3) is 0 Å². The molecule has 3 aliphatic carbocycles. The number of carbonyl (C=O) groups excluding carboxylic acids is 2. The lowest BCUT2D eigenvalue weighted by Crippen LogP contribution is -2.59. The molecule has 2 amide bonds. The van der Waals surface area contributed by atoms with Gasteiger partial charge in [0, 0.05) is 36.4 Å². The van der Waals surface area contributed by atoms with Crippen molar-refractivity contribution in [1.29, 1.82) is 0 Å². The quantitative estimate of drug-likeness (QED) is 0.823. The Morgan fingerprint density at radius 3 is 2.28 bits per heavy atom. The summed E-state index contributed by atoms with van der Waals surface area (Å²) in [5.41, 5.74) is 3.55. The fourth-order valence-corrected chi connectivity index (χ4v) is 5.98. The number of hydrogen-bond donors (Lipinski definition) is 1. The van der Waals surface area contributed by atoms with Gasteiger partial charge in [0.15, 0.2) is 0 Å². The first-order valence-corrected chi connectivity index (χ1v) is 11.5. The highest BCUT2D eigenvalue weighted by Gasteiger charge is 2.59. The van der Waals surface area contributed by atoms with Gasteiger partial charge in [-0.1, -0.05) is 38.1 Å². The molecule has 0 radical (unpaired) electrons. The molecule has 4 aliphatic rings. The molecule has 1 aromatic carbocycles. The summed E-state index contributed by atoms with van der Waals surface area (Å²) in [4.78, 5) is 26.8. The minimum Gasteiger partial charge on any atom is -0.351 e. The lowest BCUT2D eigenvalue weighted by molar-refractivity contribution is -0.144. The lowest BCUT2D eigenvalue weighted by atomic mass is 9.68. The Labute approximate surface area is 174 Å². The average molecular weight is 395 g/mol. The molecular formula is C25H34N2O2. The van der Waals surface area contributed by atoms with E-state index in [0.29, 0.717) is 29.1 Å². The number of carbonyl (C=O) groups is 2. The van der Waals surface area contributed by atoms with Crippen molar-refractivity contribution in [3.63, 3.8) is 0 Å². The molecule has 3 saturated carbocycles. The highest BCUT2D eigenvalue weighted by molar-refractivity contribution is 5.82. The van der Waals surface area contributed by atoms with Gasteiger partial charge in [-0.15, -0.1) is 0 Å². The summed E-state index contributed by atoms with van der Waals surface area (Å²) in [6, 6.07) is 9.43. The number of hydrogen-bond acceptors (Lipinski definition) is 2. The van der Waals surface area contributed by atoms with Crippen LogP contribution < -0.4 is 5.32 Å². The summed E-state index contributed by atoms with van der Waals surface area (Å²) in [6.45, 7) is 8.09. The molecule has 4 nitrogen and oxygen atoms in total. The minimum absolute atomic E-state index is 0.0841. The normalized spacial score (nSPS) is 36.6. The Morgan fingerprint density at radius 1 is 1.03 bits per heavy atom.